The van der Waals surface area contributed by atoms with Crippen molar-refractivity contribution < 1.29 is 4.79 Å². The molecule has 1 N–H and O–H groups in total. The Bertz CT molecular complexity index is 956. The Labute approximate surface area is 146 Å². The molecule has 1 aliphatic carbocycles. The van der Waals surface area contributed by atoms with Crippen LogP contribution in [0.1, 0.15) is 60.3 Å². The lowest BCUT2D eigenvalue weighted by Gasteiger charge is -2.11. The predicted molar refractivity (Wildman–Crippen MR) is 96.8 cm³/mol. The summed E-state index contributed by atoms with van der Waals surface area (Å²) in [4.78, 5) is 22.0. The lowest BCUT2D eigenvalue weighted by Crippen LogP contribution is -2.15. The molecule has 3 aromatic heterocycles. The SMILES string of the molecule is Cc1cccnc1NC(=O)c1cc(C2CC2)nc2c1cnn2C(C)C. The Morgan fingerprint density at radius 2 is 2.16 bits per heavy atom. The predicted octanol–water partition coefficient (Wildman–Crippen LogP) is 3.85. The van der Waals surface area contributed by atoms with Crippen molar-refractivity contribution in [3.05, 3.63) is 47.4 Å². The number of aromatic nitrogens is 4. The maximum absolute atomic E-state index is 12.9. The van der Waals surface area contributed by atoms with Crippen molar-refractivity contribution in [1.82, 2.24) is 19.7 Å². The van der Waals surface area contributed by atoms with E-state index in [4.69, 9.17) is 4.98 Å². The Morgan fingerprint density at radius 3 is 2.84 bits per heavy atom. The highest BCUT2D eigenvalue weighted by molar-refractivity contribution is 6.11. The maximum Gasteiger partial charge on any atom is 0.257 e. The van der Waals surface area contributed by atoms with E-state index in [2.05, 4.69) is 29.2 Å². The highest BCUT2D eigenvalue weighted by atomic mass is 16.1. The number of pyridine rings is 2. The van der Waals surface area contributed by atoms with Crippen molar-refractivity contribution in [2.24, 2.45) is 0 Å². The fraction of sp³-hybridized carbons (Fsp3) is 0.368. The zero-order valence-electron chi connectivity index (χ0n) is 14.7. The van der Waals surface area contributed by atoms with Gasteiger partial charge in [-0.05, 0) is 51.3 Å². The lowest BCUT2D eigenvalue weighted by atomic mass is 10.1. The number of fused-ring (bicyclic) bond motifs is 1. The van der Waals surface area contributed by atoms with E-state index in [0.29, 0.717) is 17.3 Å². The van der Waals surface area contributed by atoms with Crippen LogP contribution in [0.5, 0.6) is 0 Å². The highest BCUT2D eigenvalue weighted by Crippen LogP contribution is 2.40. The lowest BCUT2D eigenvalue weighted by molar-refractivity contribution is 0.102. The van der Waals surface area contributed by atoms with Crippen molar-refractivity contribution >= 4 is 22.8 Å². The van der Waals surface area contributed by atoms with Gasteiger partial charge in [0.05, 0.1) is 17.1 Å². The minimum Gasteiger partial charge on any atom is -0.306 e. The normalized spacial score (nSPS) is 14.2. The fourth-order valence-electron chi connectivity index (χ4n) is 2.98. The van der Waals surface area contributed by atoms with Crippen molar-refractivity contribution in [2.75, 3.05) is 5.32 Å². The molecule has 0 saturated heterocycles. The number of nitrogens with one attached hydrogen (secondary N) is 1. The van der Waals surface area contributed by atoms with E-state index in [-0.39, 0.29) is 11.9 Å². The number of hydrogen-bond acceptors (Lipinski definition) is 4. The quantitative estimate of drug-likeness (QED) is 0.786. The van der Waals surface area contributed by atoms with Gasteiger partial charge in [0.15, 0.2) is 5.65 Å². The number of carbonyl (C=O) groups is 1. The van der Waals surface area contributed by atoms with Crippen LogP contribution in [-0.2, 0) is 0 Å². The van der Waals surface area contributed by atoms with Gasteiger partial charge in [0.2, 0.25) is 0 Å². The summed E-state index contributed by atoms with van der Waals surface area (Å²) in [5.41, 5.74) is 3.31. The molecule has 0 aromatic carbocycles. The Balaban J connectivity index is 1.80. The molecular weight excluding hydrogens is 314 g/mol. The van der Waals surface area contributed by atoms with Gasteiger partial charge in [0, 0.05) is 23.9 Å². The van der Waals surface area contributed by atoms with Gasteiger partial charge in [-0.15, -0.1) is 0 Å². The highest BCUT2D eigenvalue weighted by Gasteiger charge is 2.28. The molecule has 1 amide bonds. The summed E-state index contributed by atoms with van der Waals surface area (Å²) in [5, 5.41) is 8.15. The first-order chi connectivity index (χ1) is 12.0. The fourth-order valence-corrected chi connectivity index (χ4v) is 2.98. The average Bonchev–Trinajstić information content (AvgIpc) is 3.35. The van der Waals surface area contributed by atoms with Crippen molar-refractivity contribution in [3.8, 4) is 0 Å². The summed E-state index contributed by atoms with van der Waals surface area (Å²) in [6.45, 7) is 6.06. The van der Waals surface area contributed by atoms with Crippen LogP contribution in [0.15, 0.2) is 30.6 Å². The minimum absolute atomic E-state index is 0.167. The van der Waals surface area contributed by atoms with Crippen LogP contribution in [0.3, 0.4) is 0 Å². The van der Waals surface area contributed by atoms with Gasteiger partial charge < -0.3 is 5.32 Å². The standard InChI is InChI=1S/C19H21N5O/c1-11(2)24-18-15(10-21-24)14(9-16(22-18)13-6-7-13)19(25)23-17-12(3)5-4-8-20-17/h4-5,8-11,13H,6-7H2,1-3H3,(H,20,23,25). The molecule has 0 unspecified atom stereocenters. The summed E-state index contributed by atoms with van der Waals surface area (Å²) in [6.07, 6.45) is 5.68. The minimum atomic E-state index is -0.167. The molecule has 0 bridgehead atoms. The van der Waals surface area contributed by atoms with Crippen molar-refractivity contribution in [3.63, 3.8) is 0 Å². The molecule has 0 radical (unpaired) electrons. The number of rotatable bonds is 4. The van der Waals surface area contributed by atoms with Gasteiger partial charge in [-0.2, -0.15) is 5.10 Å². The van der Waals surface area contributed by atoms with Gasteiger partial charge in [0.25, 0.3) is 5.91 Å². The van der Waals surface area contributed by atoms with E-state index in [9.17, 15) is 4.79 Å². The molecule has 3 aromatic rings. The summed E-state index contributed by atoms with van der Waals surface area (Å²) < 4.78 is 1.88. The van der Waals surface area contributed by atoms with E-state index in [1.165, 1.54) is 0 Å². The second kappa shape index (κ2) is 5.95. The van der Waals surface area contributed by atoms with Crippen LogP contribution in [0.2, 0.25) is 0 Å². The Kier molecular flexibility index (Phi) is 3.75. The van der Waals surface area contributed by atoms with Gasteiger partial charge in [0.1, 0.15) is 5.82 Å². The molecule has 1 fully saturated rings. The summed E-state index contributed by atoms with van der Waals surface area (Å²) in [7, 11) is 0. The summed E-state index contributed by atoms with van der Waals surface area (Å²) in [5.74, 6) is 0.879. The van der Waals surface area contributed by atoms with Crippen LogP contribution in [0, 0.1) is 6.92 Å². The molecule has 0 aliphatic heterocycles. The first kappa shape index (κ1) is 15.7. The Morgan fingerprint density at radius 1 is 1.36 bits per heavy atom. The van der Waals surface area contributed by atoms with Gasteiger partial charge >= 0.3 is 0 Å². The monoisotopic (exact) mass is 335 g/mol. The van der Waals surface area contributed by atoms with Crippen LogP contribution >= 0.6 is 0 Å². The van der Waals surface area contributed by atoms with E-state index in [1.54, 1.807) is 12.4 Å². The summed E-state index contributed by atoms with van der Waals surface area (Å²) >= 11 is 0. The molecule has 6 heteroatoms. The maximum atomic E-state index is 12.9. The molecule has 0 atom stereocenters. The summed E-state index contributed by atoms with van der Waals surface area (Å²) in [6, 6.07) is 5.89. The molecule has 1 aliphatic rings. The topological polar surface area (TPSA) is 72.7 Å². The van der Waals surface area contributed by atoms with E-state index in [0.717, 1.165) is 35.1 Å². The number of carbonyl (C=O) groups excluding carboxylic acids is 1. The van der Waals surface area contributed by atoms with Crippen LogP contribution in [-0.4, -0.2) is 25.7 Å². The molecule has 1 saturated carbocycles. The third kappa shape index (κ3) is 2.88. The number of aryl methyl sites for hydroxylation is 1. The largest absolute Gasteiger partial charge is 0.306 e. The number of amides is 1. The van der Waals surface area contributed by atoms with Crippen LogP contribution in [0.25, 0.3) is 11.0 Å². The zero-order valence-corrected chi connectivity index (χ0v) is 14.7. The molecule has 128 valence electrons. The second-order valence-corrected chi connectivity index (χ2v) is 6.91. The molecule has 0 spiro atoms. The number of anilines is 1. The van der Waals surface area contributed by atoms with Gasteiger partial charge in [-0.25, -0.2) is 14.6 Å². The zero-order chi connectivity index (χ0) is 17.6. The van der Waals surface area contributed by atoms with Crippen molar-refractivity contribution in [1.29, 1.82) is 0 Å². The van der Waals surface area contributed by atoms with E-state index in [1.807, 2.05) is 29.8 Å². The smallest absolute Gasteiger partial charge is 0.257 e. The van der Waals surface area contributed by atoms with Gasteiger partial charge in [-0.3, -0.25) is 4.79 Å². The van der Waals surface area contributed by atoms with E-state index < -0.39 is 0 Å². The third-order valence-corrected chi connectivity index (χ3v) is 4.56. The molecule has 4 rings (SSSR count). The number of nitrogens with zero attached hydrogens (tertiary/aromatic N) is 4. The van der Waals surface area contributed by atoms with Crippen LogP contribution < -0.4 is 5.32 Å². The van der Waals surface area contributed by atoms with Gasteiger partial charge in [-0.1, -0.05) is 6.07 Å². The molecule has 6 nitrogen and oxygen atoms in total. The average molecular weight is 335 g/mol. The molecule has 3 heterocycles. The second-order valence-electron chi connectivity index (χ2n) is 6.91. The third-order valence-electron chi connectivity index (χ3n) is 4.56. The first-order valence-electron chi connectivity index (χ1n) is 8.65. The number of hydrogen-bond donors (Lipinski definition) is 1. The van der Waals surface area contributed by atoms with E-state index >= 15 is 0 Å². The molecular formula is C19H21N5O. The van der Waals surface area contributed by atoms with Crippen LogP contribution in [0.4, 0.5) is 5.82 Å². The van der Waals surface area contributed by atoms with Crippen molar-refractivity contribution in [2.45, 2.75) is 45.6 Å². The Hall–Kier alpha value is -2.76. The molecule has 25 heavy (non-hydrogen) atoms. The first-order valence-corrected chi connectivity index (χ1v) is 8.65.